The molecular weight excluding hydrogens is 408 g/mol. The van der Waals surface area contributed by atoms with E-state index in [0.29, 0.717) is 19.5 Å². The zero-order chi connectivity index (χ0) is 21.9. The lowest BCUT2D eigenvalue weighted by Crippen LogP contribution is -2.37. The molecule has 31 heavy (non-hydrogen) atoms. The summed E-state index contributed by atoms with van der Waals surface area (Å²) in [5.74, 6) is 1.57. The third kappa shape index (κ3) is 7.36. The lowest BCUT2D eigenvalue weighted by Gasteiger charge is -2.21. The van der Waals surface area contributed by atoms with Gasteiger partial charge in [0.2, 0.25) is 11.0 Å². The molecule has 3 aromatic rings. The van der Waals surface area contributed by atoms with Crippen LogP contribution in [0.3, 0.4) is 0 Å². The molecule has 1 amide bonds. The molecule has 6 nitrogen and oxygen atoms in total. The van der Waals surface area contributed by atoms with Gasteiger partial charge >= 0.3 is 0 Å². The predicted molar refractivity (Wildman–Crippen MR) is 126 cm³/mol. The standard InChI is InChI=1S/C24H30N4O2S/c1-3-4-8-14-25-23(29)18-28(17-19-10-6-5-7-11-19)24-26-22(27-31-24)16-20-12-9-13-21(15-20)30-2/h5-7,9-13,15H,3-4,8,14,16-18H2,1-2H3,(H,25,29). The minimum Gasteiger partial charge on any atom is -0.497 e. The number of nitrogens with one attached hydrogen (secondary N) is 1. The fourth-order valence-corrected chi connectivity index (χ4v) is 3.92. The Morgan fingerprint density at radius 1 is 1.10 bits per heavy atom. The van der Waals surface area contributed by atoms with E-state index in [1.807, 2.05) is 47.4 Å². The van der Waals surface area contributed by atoms with Gasteiger partial charge in [0.1, 0.15) is 11.6 Å². The molecule has 7 heteroatoms. The van der Waals surface area contributed by atoms with Gasteiger partial charge in [-0.1, -0.05) is 62.2 Å². The van der Waals surface area contributed by atoms with Crippen molar-refractivity contribution in [1.82, 2.24) is 14.7 Å². The van der Waals surface area contributed by atoms with Gasteiger partial charge in [-0.05, 0) is 29.7 Å². The summed E-state index contributed by atoms with van der Waals surface area (Å²) in [4.78, 5) is 19.3. The highest BCUT2D eigenvalue weighted by atomic mass is 32.1. The number of anilines is 1. The van der Waals surface area contributed by atoms with Crippen LogP contribution in [0.2, 0.25) is 0 Å². The third-order valence-electron chi connectivity index (χ3n) is 4.88. The summed E-state index contributed by atoms with van der Waals surface area (Å²) in [5.41, 5.74) is 2.22. The van der Waals surface area contributed by atoms with Gasteiger partial charge in [-0.3, -0.25) is 4.79 Å². The number of carbonyl (C=O) groups is 1. The Labute approximate surface area is 188 Å². The van der Waals surface area contributed by atoms with E-state index in [1.54, 1.807) is 7.11 Å². The first-order valence-electron chi connectivity index (χ1n) is 10.7. The van der Waals surface area contributed by atoms with Gasteiger partial charge in [-0.25, -0.2) is 4.98 Å². The zero-order valence-corrected chi connectivity index (χ0v) is 19.0. The van der Waals surface area contributed by atoms with Crippen LogP contribution >= 0.6 is 11.5 Å². The molecule has 0 radical (unpaired) electrons. The van der Waals surface area contributed by atoms with E-state index < -0.39 is 0 Å². The van der Waals surface area contributed by atoms with E-state index in [2.05, 4.69) is 28.7 Å². The Morgan fingerprint density at radius 3 is 2.68 bits per heavy atom. The number of unbranched alkanes of at least 4 members (excludes halogenated alkanes) is 2. The molecule has 1 heterocycles. The van der Waals surface area contributed by atoms with Crippen molar-refractivity contribution in [3.63, 3.8) is 0 Å². The molecule has 164 valence electrons. The Hall–Kier alpha value is -2.93. The topological polar surface area (TPSA) is 67.4 Å². The second-order valence-electron chi connectivity index (χ2n) is 7.42. The first kappa shape index (κ1) is 22.7. The largest absolute Gasteiger partial charge is 0.497 e. The number of carbonyl (C=O) groups excluding carboxylic acids is 1. The number of nitrogens with zero attached hydrogens (tertiary/aromatic N) is 3. The molecule has 0 bridgehead atoms. The third-order valence-corrected chi connectivity index (χ3v) is 5.69. The molecule has 0 saturated carbocycles. The number of amides is 1. The minimum absolute atomic E-state index is 0.0107. The van der Waals surface area contributed by atoms with Gasteiger partial charge in [-0.2, -0.15) is 4.37 Å². The molecule has 3 rings (SSSR count). The highest BCUT2D eigenvalue weighted by Gasteiger charge is 2.17. The maximum Gasteiger partial charge on any atom is 0.239 e. The lowest BCUT2D eigenvalue weighted by atomic mass is 10.1. The fraction of sp³-hybridized carbons (Fsp3) is 0.375. The summed E-state index contributed by atoms with van der Waals surface area (Å²) in [6.45, 7) is 3.73. The molecule has 1 aromatic heterocycles. The van der Waals surface area contributed by atoms with Crippen LogP contribution in [0.4, 0.5) is 5.13 Å². The van der Waals surface area contributed by atoms with E-state index in [9.17, 15) is 4.79 Å². The van der Waals surface area contributed by atoms with Crippen molar-refractivity contribution in [2.24, 2.45) is 0 Å². The lowest BCUT2D eigenvalue weighted by molar-refractivity contribution is -0.119. The molecular formula is C24H30N4O2S. The maximum atomic E-state index is 12.5. The highest BCUT2D eigenvalue weighted by molar-refractivity contribution is 7.09. The number of benzene rings is 2. The van der Waals surface area contributed by atoms with Crippen molar-refractivity contribution in [2.75, 3.05) is 25.1 Å². The number of ether oxygens (including phenoxy) is 1. The summed E-state index contributed by atoms with van der Waals surface area (Å²) < 4.78 is 9.84. The maximum absolute atomic E-state index is 12.5. The van der Waals surface area contributed by atoms with Gasteiger partial charge in [0.05, 0.1) is 13.7 Å². The zero-order valence-electron chi connectivity index (χ0n) is 18.2. The number of aromatic nitrogens is 2. The van der Waals surface area contributed by atoms with Crippen LogP contribution in [-0.2, 0) is 17.8 Å². The van der Waals surface area contributed by atoms with Gasteiger partial charge in [0, 0.05) is 31.0 Å². The van der Waals surface area contributed by atoms with Gasteiger partial charge in [0.15, 0.2) is 0 Å². The van der Waals surface area contributed by atoms with Crippen molar-refractivity contribution >= 4 is 22.6 Å². The first-order valence-corrected chi connectivity index (χ1v) is 11.5. The van der Waals surface area contributed by atoms with Crippen LogP contribution in [0.1, 0.15) is 43.1 Å². The molecule has 0 unspecified atom stereocenters. The molecule has 0 aliphatic carbocycles. The summed E-state index contributed by atoms with van der Waals surface area (Å²) in [6, 6.07) is 18.0. The van der Waals surface area contributed by atoms with E-state index >= 15 is 0 Å². The predicted octanol–water partition coefficient (Wildman–Crippen LogP) is 4.45. The number of hydrogen-bond acceptors (Lipinski definition) is 6. The Bertz CT molecular complexity index is 946. The van der Waals surface area contributed by atoms with Crippen molar-refractivity contribution in [2.45, 2.75) is 39.2 Å². The van der Waals surface area contributed by atoms with Crippen LogP contribution < -0.4 is 15.0 Å². The smallest absolute Gasteiger partial charge is 0.239 e. The minimum atomic E-state index is 0.0107. The van der Waals surface area contributed by atoms with Gasteiger partial charge in [-0.15, -0.1) is 0 Å². The summed E-state index contributed by atoms with van der Waals surface area (Å²) >= 11 is 1.33. The first-order chi connectivity index (χ1) is 15.2. The Morgan fingerprint density at radius 2 is 1.90 bits per heavy atom. The highest BCUT2D eigenvalue weighted by Crippen LogP contribution is 2.22. The summed E-state index contributed by atoms with van der Waals surface area (Å²) in [6.07, 6.45) is 3.88. The van der Waals surface area contributed by atoms with Crippen LogP contribution in [0.15, 0.2) is 54.6 Å². The molecule has 0 aliphatic heterocycles. The van der Waals surface area contributed by atoms with Crippen molar-refractivity contribution in [3.05, 3.63) is 71.5 Å². The molecule has 0 spiro atoms. The van der Waals surface area contributed by atoms with Crippen LogP contribution in [0.5, 0.6) is 5.75 Å². The number of hydrogen-bond donors (Lipinski definition) is 1. The average molecular weight is 439 g/mol. The average Bonchev–Trinajstić information content (AvgIpc) is 3.25. The van der Waals surface area contributed by atoms with E-state index in [0.717, 1.165) is 47.1 Å². The molecule has 2 aromatic carbocycles. The summed E-state index contributed by atoms with van der Waals surface area (Å²) in [5, 5.41) is 3.78. The van der Waals surface area contributed by atoms with Crippen LogP contribution in [-0.4, -0.2) is 35.5 Å². The van der Waals surface area contributed by atoms with Crippen LogP contribution in [0, 0.1) is 0 Å². The Balaban J connectivity index is 1.70. The molecule has 0 saturated heterocycles. The van der Waals surface area contributed by atoms with Gasteiger partial charge < -0.3 is 15.0 Å². The van der Waals surface area contributed by atoms with E-state index in [4.69, 9.17) is 9.72 Å². The molecule has 1 N–H and O–H groups in total. The quantitative estimate of drug-likeness (QED) is 0.423. The van der Waals surface area contributed by atoms with E-state index in [1.165, 1.54) is 11.5 Å². The Kier molecular flexibility index (Phi) is 8.84. The van der Waals surface area contributed by atoms with Gasteiger partial charge in [0.25, 0.3) is 0 Å². The SMILES string of the molecule is CCCCCNC(=O)CN(Cc1ccccc1)c1nc(Cc2cccc(OC)c2)ns1. The normalized spacial score (nSPS) is 10.6. The van der Waals surface area contributed by atoms with Crippen molar-refractivity contribution in [1.29, 1.82) is 0 Å². The summed E-state index contributed by atoms with van der Waals surface area (Å²) in [7, 11) is 1.66. The molecule has 0 aliphatic rings. The second kappa shape index (κ2) is 12.1. The second-order valence-corrected chi connectivity index (χ2v) is 8.15. The number of methoxy groups -OCH3 is 1. The number of rotatable bonds is 12. The fourth-order valence-electron chi connectivity index (χ4n) is 3.24. The van der Waals surface area contributed by atoms with E-state index in [-0.39, 0.29) is 12.5 Å². The van der Waals surface area contributed by atoms with Crippen molar-refractivity contribution < 1.29 is 9.53 Å². The van der Waals surface area contributed by atoms with Crippen molar-refractivity contribution in [3.8, 4) is 5.75 Å². The monoisotopic (exact) mass is 438 g/mol. The molecule has 0 atom stereocenters. The molecule has 0 fully saturated rings. The van der Waals surface area contributed by atoms with Crippen LogP contribution in [0.25, 0.3) is 0 Å².